The zero-order chi connectivity index (χ0) is 14.3. The lowest BCUT2D eigenvalue weighted by molar-refractivity contribution is 0.0917. The minimum Gasteiger partial charge on any atom is -0.433 e. The molecule has 4 heteroatoms. The van der Waals surface area contributed by atoms with Gasteiger partial charge in [-0.05, 0) is 44.5 Å². The van der Waals surface area contributed by atoms with Crippen molar-refractivity contribution in [2.24, 2.45) is 0 Å². The number of nitrogens with zero attached hydrogens (tertiary/aromatic N) is 1. The van der Waals surface area contributed by atoms with Gasteiger partial charge in [0.1, 0.15) is 0 Å². The number of amides is 1. The van der Waals surface area contributed by atoms with Crippen molar-refractivity contribution in [2.45, 2.75) is 26.8 Å². The van der Waals surface area contributed by atoms with Crippen LogP contribution in [0.15, 0.2) is 34.7 Å². The SMILES string of the molecule is Cc1ccc2cc3cc(C(=O)NC(C)C)oc3nc2c1. The summed E-state index contributed by atoms with van der Waals surface area (Å²) in [7, 11) is 0. The average molecular weight is 268 g/mol. The van der Waals surface area contributed by atoms with Crippen LogP contribution in [0.2, 0.25) is 0 Å². The van der Waals surface area contributed by atoms with Gasteiger partial charge in [0, 0.05) is 16.8 Å². The zero-order valence-electron chi connectivity index (χ0n) is 11.7. The maximum absolute atomic E-state index is 11.9. The summed E-state index contributed by atoms with van der Waals surface area (Å²) in [6, 6.07) is 9.88. The largest absolute Gasteiger partial charge is 0.433 e. The molecule has 0 spiro atoms. The van der Waals surface area contributed by atoms with Gasteiger partial charge in [0.2, 0.25) is 5.71 Å². The minimum absolute atomic E-state index is 0.0744. The van der Waals surface area contributed by atoms with E-state index in [9.17, 15) is 4.79 Å². The predicted octanol–water partition coefficient (Wildman–Crippen LogP) is 3.43. The molecular weight excluding hydrogens is 252 g/mol. The summed E-state index contributed by atoms with van der Waals surface area (Å²) in [4.78, 5) is 16.4. The number of benzene rings is 1. The summed E-state index contributed by atoms with van der Waals surface area (Å²) in [6.07, 6.45) is 0. The van der Waals surface area contributed by atoms with Crippen LogP contribution in [0.3, 0.4) is 0 Å². The lowest BCUT2D eigenvalue weighted by Crippen LogP contribution is -2.29. The molecule has 0 saturated heterocycles. The highest BCUT2D eigenvalue weighted by Crippen LogP contribution is 2.23. The number of hydrogen-bond acceptors (Lipinski definition) is 3. The third-order valence-corrected chi connectivity index (χ3v) is 3.10. The highest BCUT2D eigenvalue weighted by atomic mass is 16.4. The van der Waals surface area contributed by atoms with Gasteiger partial charge in [0.15, 0.2) is 5.76 Å². The number of furan rings is 1. The van der Waals surface area contributed by atoms with Crippen molar-refractivity contribution in [3.63, 3.8) is 0 Å². The van der Waals surface area contributed by atoms with Gasteiger partial charge in [0.25, 0.3) is 5.91 Å². The van der Waals surface area contributed by atoms with Gasteiger partial charge in [-0.2, -0.15) is 0 Å². The number of hydrogen-bond donors (Lipinski definition) is 1. The Balaban J connectivity index is 2.10. The number of fused-ring (bicyclic) bond motifs is 2. The summed E-state index contributed by atoms with van der Waals surface area (Å²) in [5, 5.41) is 4.69. The maximum atomic E-state index is 11.9. The fourth-order valence-electron chi connectivity index (χ4n) is 2.18. The second-order valence-corrected chi connectivity index (χ2v) is 5.32. The van der Waals surface area contributed by atoms with Crippen LogP contribution in [-0.4, -0.2) is 16.9 Å². The van der Waals surface area contributed by atoms with Gasteiger partial charge in [-0.1, -0.05) is 12.1 Å². The van der Waals surface area contributed by atoms with Crippen molar-refractivity contribution in [3.8, 4) is 0 Å². The molecule has 0 unspecified atom stereocenters. The van der Waals surface area contributed by atoms with Crippen LogP contribution in [-0.2, 0) is 0 Å². The van der Waals surface area contributed by atoms with Crippen molar-refractivity contribution >= 4 is 27.9 Å². The van der Waals surface area contributed by atoms with Gasteiger partial charge in [-0.15, -0.1) is 0 Å². The Bertz CT molecular complexity index is 803. The highest BCUT2D eigenvalue weighted by Gasteiger charge is 2.14. The van der Waals surface area contributed by atoms with Crippen LogP contribution in [0.5, 0.6) is 0 Å². The maximum Gasteiger partial charge on any atom is 0.287 e. The van der Waals surface area contributed by atoms with Crippen molar-refractivity contribution in [1.82, 2.24) is 10.3 Å². The molecule has 0 bridgehead atoms. The zero-order valence-corrected chi connectivity index (χ0v) is 11.7. The van der Waals surface area contributed by atoms with Gasteiger partial charge < -0.3 is 9.73 Å². The van der Waals surface area contributed by atoms with Crippen molar-refractivity contribution in [3.05, 3.63) is 41.7 Å². The first kappa shape index (κ1) is 12.7. The first-order valence-electron chi connectivity index (χ1n) is 6.65. The number of pyridine rings is 1. The summed E-state index contributed by atoms with van der Waals surface area (Å²) < 4.78 is 5.56. The molecule has 0 aliphatic heterocycles. The molecule has 20 heavy (non-hydrogen) atoms. The summed E-state index contributed by atoms with van der Waals surface area (Å²) in [5.74, 6) is 0.0893. The quantitative estimate of drug-likeness (QED) is 0.774. The minimum atomic E-state index is -0.210. The smallest absolute Gasteiger partial charge is 0.287 e. The second kappa shape index (κ2) is 4.63. The van der Waals surface area contributed by atoms with Crippen LogP contribution >= 0.6 is 0 Å². The Hall–Kier alpha value is -2.36. The molecule has 1 amide bonds. The molecule has 1 N–H and O–H groups in total. The topological polar surface area (TPSA) is 55.1 Å². The first-order valence-corrected chi connectivity index (χ1v) is 6.65. The Morgan fingerprint density at radius 1 is 1.20 bits per heavy atom. The van der Waals surface area contributed by atoms with Crippen molar-refractivity contribution in [2.75, 3.05) is 0 Å². The number of rotatable bonds is 2. The lowest BCUT2D eigenvalue weighted by atomic mass is 10.1. The molecule has 1 aromatic carbocycles. The van der Waals surface area contributed by atoms with E-state index in [-0.39, 0.29) is 11.9 Å². The van der Waals surface area contributed by atoms with E-state index in [0.717, 1.165) is 21.9 Å². The molecule has 2 heterocycles. The molecule has 0 aliphatic carbocycles. The number of carbonyl (C=O) groups excluding carboxylic acids is 1. The molecule has 2 aromatic heterocycles. The van der Waals surface area contributed by atoms with E-state index >= 15 is 0 Å². The number of aryl methyl sites for hydroxylation is 1. The van der Waals surface area contributed by atoms with E-state index < -0.39 is 0 Å². The van der Waals surface area contributed by atoms with Crippen LogP contribution in [0.4, 0.5) is 0 Å². The molecule has 3 aromatic rings. The highest BCUT2D eigenvalue weighted by molar-refractivity contribution is 5.98. The fourth-order valence-corrected chi connectivity index (χ4v) is 2.18. The molecule has 102 valence electrons. The van der Waals surface area contributed by atoms with E-state index in [0.29, 0.717) is 11.5 Å². The van der Waals surface area contributed by atoms with Crippen LogP contribution in [0.25, 0.3) is 22.0 Å². The fraction of sp³-hybridized carbons (Fsp3) is 0.250. The molecule has 0 saturated carbocycles. The summed E-state index contributed by atoms with van der Waals surface area (Å²) in [6.45, 7) is 5.85. The molecule has 4 nitrogen and oxygen atoms in total. The van der Waals surface area contributed by atoms with Crippen LogP contribution in [0.1, 0.15) is 30.0 Å². The summed E-state index contributed by atoms with van der Waals surface area (Å²) in [5.41, 5.74) is 2.52. The predicted molar refractivity (Wildman–Crippen MR) is 78.9 cm³/mol. The summed E-state index contributed by atoms with van der Waals surface area (Å²) >= 11 is 0. The van der Waals surface area contributed by atoms with Gasteiger partial charge >= 0.3 is 0 Å². The molecule has 3 rings (SSSR count). The average Bonchev–Trinajstić information content (AvgIpc) is 2.78. The van der Waals surface area contributed by atoms with E-state index in [1.54, 1.807) is 6.07 Å². The van der Waals surface area contributed by atoms with Gasteiger partial charge in [-0.3, -0.25) is 4.79 Å². The molecule has 0 fully saturated rings. The van der Waals surface area contributed by atoms with E-state index in [4.69, 9.17) is 4.42 Å². The molecule has 0 radical (unpaired) electrons. The second-order valence-electron chi connectivity index (χ2n) is 5.32. The van der Waals surface area contributed by atoms with Crippen molar-refractivity contribution < 1.29 is 9.21 Å². The van der Waals surface area contributed by atoms with Crippen LogP contribution < -0.4 is 5.32 Å². The lowest BCUT2D eigenvalue weighted by Gasteiger charge is -2.04. The van der Waals surface area contributed by atoms with E-state index in [2.05, 4.69) is 10.3 Å². The van der Waals surface area contributed by atoms with Crippen LogP contribution in [0, 0.1) is 6.92 Å². The normalized spacial score (nSPS) is 11.4. The number of nitrogens with one attached hydrogen (secondary N) is 1. The monoisotopic (exact) mass is 268 g/mol. The number of carbonyl (C=O) groups is 1. The standard InChI is InChI=1S/C16H16N2O2/c1-9(2)17-15(19)14-8-12-7-11-5-4-10(3)6-13(11)18-16(12)20-14/h4-9H,1-3H3,(H,17,19). The van der Waals surface area contributed by atoms with Gasteiger partial charge in [0.05, 0.1) is 5.52 Å². The van der Waals surface area contributed by atoms with Gasteiger partial charge in [-0.25, -0.2) is 4.98 Å². The van der Waals surface area contributed by atoms with E-state index in [1.165, 1.54) is 0 Å². The Kier molecular flexibility index (Phi) is 2.93. The number of aromatic nitrogens is 1. The molecular formula is C16H16N2O2. The Morgan fingerprint density at radius 3 is 2.75 bits per heavy atom. The molecule has 0 atom stereocenters. The van der Waals surface area contributed by atoms with Crippen molar-refractivity contribution in [1.29, 1.82) is 0 Å². The third kappa shape index (κ3) is 2.25. The Morgan fingerprint density at radius 2 is 2.00 bits per heavy atom. The van der Waals surface area contributed by atoms with E-state index in [1.807, 2.05) is 45.0 Å². The molecule has 0 aliphatic rings. The first-order chi connectivity index (χ1) is 9.52. The Labute approximate surface area is 116 Å². The third-order valence-electron chi connectivity index (χ3n) is 3.10.